The lowest BCUT2D eigenvalue weighted by atomic mass is 10.2. The zero-order valence-corrected chi connectivity index (χ0v) is 10.8. The molecule has 2 rings (SSSR count). The average Bonchev–Trinajstić information content (AvgIpc) is 2.84. The number of carboxylic acid groups (broad SMARTS) is 1. The first-order chi connectivity index (χ1) is 9.22. The highest BCUT2D eigenvalue weighted by Crippen LogP contribution is 2.15. The van der Waals surface area contributed by atoms with Crippen LogP contribution in [0.3, 0.4) is 0 Å². The minimum atomic E-state index is -0.931. The minimum Gasteiger partial charge on any atom is -0.478 e. The van der Waals surface area contributed by atoms with Gasteiger partial charge in [0.25, 0.3) is 0 Å². The van der Waals surface area contributed by atoms with Gasteiger partial charge in [0.2, 0.25) is 0 Å². The van der Waals surface area contributed by atoms with Gasteiger partial charge in [-0.15, -0.1) is 0 Å². The number of hydrogen-bond donors (Lipinski definition) is 2. The third-order valence-electron chi connectivity index (χ3n) is 2.86. The zero-order chi connectivity index (χ0) is 13.7. The molecular weight excluding hydrogens is 242 g/mol. The van der Waals surface area contributed by atoms with E-state index in [2.05, 4.69) is 21.8 Å². The first-order valence-electron chi connectivity index (χ1n) is 6.28. The Morgan fingerprint density at radius 1 is 1.42 bits per heavy atom. The number of aromatic nitrogens is 2. The van der Waals surface area contributed by atoms with Gasteiger partial charge in [0.05, 0.1) is 12.1 Å². The van der Waals surface area contributed by atoms with Crippen molar-refractivity contribution >= 4 is 11.7 Å². The van der Waals surface area contributed by atoms with Gasteiger partial charge in [-0.1, -0.05) is 19.1 Å². The van der Waals surface area contributed by atoms with Crippen LogP contribution >= 0.6 is 0 Å². The number of imidazole rings is 1. The van der Waals surface area contributed by atoms with Crippen LogP contribution in [0.1, 0.15) is 29.5 Å². The van der Waals surface area contributed by atoms with Crippen molar-refractivity contribution in [3.8, 4) is 0 Å². The summed E-state index contributed by atoms with van der Waals surface area (Å²) in [6.07, 6.45) is 4.73. The Bertz CT molecular complexity index is 563. The van der Waals surface area contributed by atoms with Crippen LogP contribution in [0.15, 0.2) is 36.7 Å². The van der Waals surface area contributed by atoms with Crippen LogP contribution in [-0.2, 0) is 13.1 Å². The quantitative estimate of drug-likeness (QED) is 0.836. The van der Waals surface area contributed by atoms with E-state index in [-0.39, 0.29) is 5.56 Å². The van der Waals surface area contributed by atoms with Crippen LogP contribution in [0.5, 0.6) is 0 Å². The summed E-state index contributed by atoms with van der Waals surface area (Å²) in [6, 6.07) is 6.87. The topological polar surface area (TPSA) is 67.2 Å². The van der Waals surface area contributed by atoms with Crippen LogP contribution in [0, 0.1) is 0 Å². The maximum Gasteiger partial charge on any atom is 0.337 e. The maximum absolute atomic E-state index is 11.1. The highest BCUT2D eigenvalue weighted by Gasteiger charge is 2.09. The summed E-state index contributed by atoms with van der Waals surface area (Å²) in [7, 11) is 0. The summed E-state index contributed by atoms with van der Waals surface area (Å²) in [6.45, 7) is 3.53. The predicted molar refractivity (Wildman–Crippen MR) is 73.2 cm³/mol. The first-order valence-corrected chi connectivity index (χ1v) is 6.28. The molecule has 0 saturated carbocycles. The van der Waals surface area contributed by atoms with Crippen LogP contribution in [-0.4, -0.2) is 20.6 Å². The van der Waals surface area contributed by atoms with Gasteiger partial charge in [0.15, 0.2) is 0 Å². The van der Waals surface area contributed by atoms with Crippen LogP contribution in [0.4, 0.5) is 5.69 Å². The molecule has 0 radical (unpaired) electrons. The van der Waals surface area contributed by atoms with E-state index in [1.165, 1.54) is 0 Å². The molecule has 0 aliphatic rings. The summed E-state index contributed by atoms with van der Waals surface area (Å²) >= 11 is 0. The molecule has 0 fully saturated rings. The fourth-order valence-corrected chi connectivity index (χ4v) is 1.95. The summed E-state index contributed by atoms with van der Waals surface area (Å²) in [4.78, 5) is 15.4. The summed E-state index contributed by atoms with van der Waals surface area (Å²) in [5, 5.41) is 12.2. The number of para-hydroxylation sites is 1. The molecule has 0 amide bonds. The molecule has 2 N–H and O–H groups in total. The number of carboxylic acids is 1. The van der Waals surface area contributed by atoms with Gasteiger partial charge in [-0.05, 0) is 18.6 Å². The van der Waals surface area contributed by atoms with Gasteiger partial charge in [-0.2, -0.15) is 0 Å². The smallest absolute Gasteiger partial charge is 0.337 e. The van der Waals surface area contributed by atoms with Gasteiger partial charge >= 0.3 is 5.97 Å². The minimum absolute atomic E-state index is 0.274. The molecule has 0 spiro atoms. The Morgan fingerprint density at radius 3 is 2.95 bits per heavy atom. The van der Waals surface area contributed by atoms with Crippen molar-refractivity contribution in [1.82, 2.24) is 9.55 Å². The zero-order valence-electron chi connectivity index (χ0n) is 10.8. The number of hydrogen-bond acceptors (Lipinski definition) is 3. The lowest BCUT2D eigenvalue weighted by molar-refractivity contribution is 0.0698. The van der Waals surface area contributed by atoms with Crippen molar-refractivity contribution in [3.05, 3.63) is 48.0 Å². The molecule has 19 heavy (non-hydrogen) atoms. The molecule has 0 saturated heterocycles. The largest absolute Gasteiger partial charge is 0.478 e. The molecular formula is C14H17N3O2. The van der Waals surface area contributed by atoms with E-state index in [1.54, 1.807) is 24.4 Å². The number of carbonyl (C=O) groups is 1. The molecule has 1 aromatic heterocycles. The molecule has 0 unspecified atom stereocenters. The summed E-state index contributed by atoms with van der Waals surface area (Å²) in [5.74, 6) is -0.0259. The van der Waals surface area contributed by atoms with E-state index in [0.717, 1.165) is 18.8 Å². The molecule has 0 atom stereocenters. The summed E-state index contributed by atoms with van der Waals surface area (Å²) < 4.78 is 2.07. The Morgan fingerprint density at radius 2 is 2.21 bits per heavy atom. The van der Waals surface area contributed by atoms with Crippen molar-refractivity contribution in [2.24, 2.45) is 0 Å². The van der Waals surface area contributed by atoms with Crippen molar-refractivity contribution in [1.29, 1.82) is 0 Å². The standard InChI is InChI=1S/C14H17N3O2/c1-2-8-17-9-7-15-13(17)10-16-12-6-4-3-5-11(12)14(18)19/h3-7,9,16H,2,8,10H2,1H3,(H,18,19). The Hall–Kier alpha value is -2.30. The second kappa shape index (κ2) is 6.04. The Labute approximate surface area is 111 Å². The SMILES string of the molecule is CCCn1ccnc1CNc1ccccc1C(=O)O. The van der Waals surface area contributed by atoms with Crippen molar-refractivity contribution in [3.63, 3.8) is 0 Å². The lowest BCUT2D eigenvalue weighted by Crippen LogP contribution is -2.10. The first kappa shape index (κ1) is 13.1. The third kappa shape index (κ3) is 3.13. The van der Waals surface area contributed by atoms with E-state index in [0.29, 0.717) is 12.2 Å². The average molecular weight is 259 g/mol. The van der Waals surface area contributed by atoms with Gasteiger partial charge in [0, 0.05) is 24.6 Å². The van der Waals surface area contributed by atoms with Gasteiger partial charge in [-0.25, -0.2) is 9.78 Å². The molecule has 1 heterocycles. The van der Waals surface area contributed by atoms with Crippen molar-refractivity contribution < 1.29 is 9.90 Å². The molecule has 0 bridgehead atoms. The van der Waals surface area contributed by atoms with E-state index in [4.69, 9.17) is 5.11 Å². The van der Waals surface area contributed by atoms with Crippen molar-refractivity contribution in [2.45, 2.75) is 26.4 Å². The normalized spacial score (nSPS) is 10.4. The number of aromatic carboxylic acids is 1. The van der Waals surface area contributed by atoms with Gasteiger partial charge < -0.3 is 15.0 Å². The fourth-order valence-electron chi connectivity index (χ4n) is 1.95. The molecule has 0 aliphatic carbocycles. The number of rotatable bonds is 6. The van der Waals surface area contributed by atoms with E-state index >= 15 is 0 Å². The third-order valence-corrected chi connectivity index (χ3v) is 2.86. The predicted octanol–water partition coefficient (Wildman–Crippen LogP) is 2.60. The monoisotopic (exact) mass is 259 g/mol. The highest BCUT2D eigenvalue weighted by atomic mass is 16.4. The number of aryl methyl sites for hydroxylation is 1. The molecule has 5 heteroatoms. The second-order valence-electron chi connectivity index (χ2n) is 4.24. The van der Waals surface area contributed by atoms with E-state index in [1.807, 2.05) is 12.3 Å². The van der Waals surface area contributed by atoms with E-state index < -0.39 is 5.97 Å². The Balaban J connectivity index is 2.10. The van der Waals surface area contributed by atoms with Crippen LogP contribution in [0.2, 0.25) is 0 Å². The molecule has 5 nitrogen and oxygen atoms in total. The maximum atomic E-state index is 11.1. The molecule has 2 aromatic rings. The van der Waals surface area contributed by atoms with Gasteiger partial charge in [-0.3, -0.25) is 0 Å². The lowest BCUT2D eigenvalue weighted by Gasteiger charge is -2.10. The van der Waals surface area contributed by atoms with Crippen molar-refractivity contribution in [2.75, 3.05) is 5.32 Å². The number of nitrogens with zero attached hydrogens (tertiary/aromatic N) is 2. The number of anilines is 1. The number of nitrogens with one attached hydrogen (secondary N) is 1. The van der Waals surface area contributed by atoms with Crippen LogP contribution in [0.25, 0.3) is 0 Å². The molecule has 0 aliphatic heterocycles. The molecule has 100 valence electrons. The van der Waals surface area contributed by atoms with Crippen LogP contribution < -0.4 is 5.32 Å². The highest BCUT2D eigenvalue weighted by molar-refractivity contribution is 5.94. The van der Waals surface area contributed by atoms with E-state index in [9.17, 15) is 4.79 Å². The van der Waals surface area contributed by atoms with Gasteiger partial charge in [0.1, 0.15) is 5.82 Å². The fraction of sp³-hybridized carbons (Fsp3) is 0.286. The Kier molecular flexibility index (Phi) is 4.18. The second-order valence-corrected chi connectivity index (χ2v) is 4.24. The number of benzene rings is 1. The molecule has 1 aromatic carbocycles. The summed E-state index contributed by atoms with van der Waals surface area (Å²) in [5.41, 5.74) is 0.886.